The Kier molecular flexibility index (Phi) is 6.22. The number of likely N-dealkylation sites (tertiary alicyclic amines) is 1. The van der Waals surface area contributed by atoms with Gasteiger partial charge < -0.3 is 10.1 Å². The molecule has 0 aromatic heterocycles. The average molecular weight is 425 g/mol. The molecular formula is C22H30Cl2N2O2. The van der Waals surface area contributed by atoms with Gasteiger partial charge in [0.15, 0.2) is 0 Å². The lowest BCUT2D eigenvalue weighted by Crippen LogP contribution is -2.48. The molecule has 2 heterocycles. The summed E-state index contributed by atoms with van der Waals surface area (Å²) in [6.07, 6.45) is 8.33. The van der Waals surface area contributed by atoms with Gasteiger partial charge in [-0.3, -0.25) is 9.69 Å². The molecule has 4 nitrogen and oxygen atoms in total. The van der Waals surface area contributed by atoms with E-state index < -0.39 is 0 Å². The molecule has 1 spiro atoms. The van der Waals surface area contributed by atoms with Crippen LogP contribution in [0.4, 0.5) is 0 Å². The molecule has 28 heavy (non-hydrogen) atoms. The van der Waals surface area contributed by atoms with Gasteiger partial charge in [0.1, 0.15) is 0 Å². The van der Waals surface area contributed by atoms with Crippen molar-refractivity contribution in [1.29, 1.82) is 0 Å². The van der Waals surface area contributed by atoms with Crippen molar-refractivity contribution in [2.75, 3.05) is 26.7 Å². The molecular weight excluding hydrogens is 395 g/mol. The maximum absolute atomic E-state index is 12.1. The highest BCUT2D eigenvalue weighted by molar-refractivity contribution is 6.42. The zero-order valence-electron chi connectivity index (χ0n) is 16.6. The summed E-state index contributed by atoms with van der Waals surface area (Å²) in [6, 6.07) is 4.20. The highest BCUT2D eigenvalue weighted by atomic mass is 35.5. The number of amides is 1. The van der Waals surface area contributed by atoms with Crippen LogP contribution in [0.15, 0.2) is 12.1 Å². The summed E-state index contributed by atoms with van der Waals surface area (Å²) in [7, 11) is 1.67. The second-order valence-corrected chi connectivity index (χ2v) is 9.36. The number of benzene rings is 1. The minimum atomic E-state index is 0.00349. The maximum atomic E-state index is 12.1. The lowest BCUT2D eigenvalue weighted by molar-refractivity contribution is -0.119. The summed E-state index contributed by atoms with van der Waals surface area (Å²) in [6.45, 7) is 3.16. The van der Waals surface area contributed by atoms with E-state index in [0.717, 1.165) is 56.5 Å². The van der Waals surface area contributed by atoms with Crippen molar-refractivity contribution >= 4 is 29.1 Å². The number of hydrogen-bond acceptors (Lipinski definition) is 3. The second-order valence-electron chi connectivity index (χ2n) is 8.58. The smallest absolute Gasteiger partial charge is 0.224 e. The minimum Gasteiger partial charge on any atom is -0.375 e. The first-order valence-electron chi connectivity index (χ1n) is 10.6. The SMILES string of the molecule is CNC(=O)Cc1ccc(Cl)c(Cl)c1C1CCC2(CCCO2)CC1N1CCCC1. The first-order valence-corrected chi connectivity index (χ1v) is 11.3. The molecule has 2 aliphatic heterocycles. The quantitative estimate of drug-likeness (QED) is 0.769. The molecule has 3 aliphatic rings. The van der Waals surface area contributed by atoms with E-state index in [4.69, 9.17) is 27.9 Å². The third-order valence-electron chi connectivity index (χ3n) is 6.97. The molecule has 1 aromatic carbocycles. The van der Waals surface area contributed by atoms with E-state index in [1.54, 1.807) is 7.05 Å². The summed E-state index contributed by atoms with van der Waals surface area (Å²) in [4.78, 5) is 14.8. The number of nitrogens with one attached hydrogen (secondary N) is 1. The van der Waals surface area contributed by atoms with Crippen molar-refractivity contribution < 1.29 is 9.53 Å². The van der Waals surface area contributed by atoms with Crippen LogP contribution in [-0.2, 0) is 16.0 Å². The fourth-order valence-corrected chi connectivity index (χ4v) is 6.06. The van der Waals surface area contributed by atoms with Gasteiger partial charge in [-0.2, -0.15) is 0 Å². The highest BCUT2D eigenvalue weighted by Gasteiger charge is 2.47. The Balaban J connectivity index is 1.71. The van der Waals surface area contributed by atoms with Crippen molar-refractivity contribution in [3.8, 4) is 0 Å². The summed E-state index contributed by atoms with van der Waals surface area (Å²) in [5.41, 5.74) is 2.13. The number of likely N-dealkylation sites (N-methyl/N-ethyl adjacent to an activating group) is 1. The molecule has 154 valence electrons. The fraction of sp³-hybridized carbons (Fsp3) is 0.682. The molecule has 0 radical (unpaired) electrons. The lowest BCUT2D eigenvalue weighted by Gasteiger charge is -2.46. The van der Waals surface area contributed by atoms with Gasteiger partial charge in [0.25, 0.3) is 0 Å². The predicted molar refractivity (Wildman–Crippen MR) is 113 cm³/mol. The Morgan fingerprint density at radius 2 is 2.04 bits per heavy atom. The van der Waals surface area contributed by atoms with Gasteiger partial charge in [0.2, 0.25) is 5.91 Å². The molecule has 4 rings (SSSR count). The fourth-order valence-electron chi connectivity index (χ4n) is 5.57. The van der Waals surface area contributed by atoms with E-state index in [0.29, 0.717) is 28.4 Å². The molecule has 1 amide bonds. The number of hydrogen-bond donors (Lipinski definition) is 1. The highest BCUT2D eigenvalue weighted by Crippen LogP contribution is 2.50. The normalized spacial score (nSPS) is 30.8. The molecule has 2 saturated heterocycles. The first-order chi connectivity index (χ1) is 13.5. The number of carbonyl (C=O) groups is 1. The predicted octanol–water partition coefficient (Wildman–Crippen LogP) is 4.56. The van der Waals surface area contributed by atoms with Crippen molar-refractivity contribution in [3.63, 3.8) is 0 Å². The van der Waals surface area contributed by atoms with Gasteiger partial charge in [0.05, 0.1) is 22.1 Å². The third kappa shape index (κ3) is 3.94. The zero-order chi connectivity index (χ0) is 19.7. The summed E-state index contributed by atoms with van der Waals surface area (Å²) < 4.78 is 6.27. The zero-order valence-corrected chi connectivity index (χ0v) is 18.1. The molecule has 1 N–H and O–H groups in total. The van der Waals surface area contributed by atoms with Crippen LogP contribution in [0.5, 0.6) is 0 Å². The Labute approximate surface area is 177 Å². The van der Waals surface area contributed by atoms with Crippen LogP contribution in [0.25, 0.3) is 0 Å². The van der Waals surface area contributed by atoms with Crippen LogP contribution in [-0.4, -0.2) is 49.2 Å². The molecule has 3 atom stereocenters. The second kappa shape index (κ2) is 8.51. The third-order valence-corrected chi connectivity index (χ3v) is 7.79. The van der Waals surface area contributed by atoms with E-state index in [1.165, 1.54) is 19.3 Å². The number of nitrogens with zero attached hydrogens (tertiary/aromatic N) is 1. The van der Waals surface area contributed by atoms with Gasteiger partial charge >= 0.3 is 0 Å². The monoisotopic (exact) mass is 424 g/mol. The van der Waals surface area contributed by atoms with Crippen LogP contribution in [0.1, 0.15) is 62.0 Å². The lowest BCUT2D eigenvalue weighted by atomic mass is 9.70. The Bertz CT molecular complexity index is 727. The topological polar surface area (TPSA) is 41.6 Å². The number of rotatable bonds is 4. The van der Waals surface area contributed by atoms with Gasteiger partial charge in [-0.25, -0.2) is 0 Å². The van der Waals surface area contributed by atoms with Gasteiger partial charge in [-0.15, -0.1) is 0 Å². The van der Waals surface area contributed by atoms with Crippen LogP contribution in [0.3, 0.4) is 0 Å². The van der Waals surface area contributed by atoms with Crippen molar-refractivity contribution in [1.82, 2.24) is 10.2 Å². The van der Waals surface area contributed by atoms with Gasteiger partial charge in [-0.1, -0.05) is 29.3 Å². The largest absolute Gasteiger partial charge is 0.375 e. The number of carbonyl (C=O) groups excluding carboxylic acids is 1. The van der Waals surface area contributed by atoms with Crippen LogP contribution >= 0.6 is 23.2 Å². The van der Waals surface area contributed by atoms with E-state index >= 15 is 0 Å². The number of halogens is 2. The molecule has 0 bridgehead atoms. The molecule has 1 saturated carbocycles. The van der Waals surface area contributed by atoms with Gasteiger partial charge in [-0.05, 0) is 75.2 Å². The molecule has 3 unspecified atom stereocenters. The standard InChI is InChI=1S/C22H30Cl2N2O2/c1-25-19(27)13-15-5-6-17(23)21(24)20(15)16-7-9-22(8-4-12-28-22)14-18(16)26-10-2-3-11-26/h5-6,16,18H,2-4,7-14H2,1H3,(H,25,27). The van der Waals surface area contributed by atoms with Crippen molar-refractivity contribution in [2.45, 2.75) is 68.9 Å². The molecule has 6 heteroatoms. The van der Waals surface area contributed by atoms with Crippen LogP contribution < -0.4 is 5.32 Å². The van der Waals surface area contributed by atoms with E-state index in [1.807, 2.05) is 12.1 Å². The summed E-state index contributed by atoms with van der Waals surface area (Å²) in [5.74, 6) is 0.294. The van der Waals surface area contributed by atoms with E-state index in [2.05, 4.69) is 10.2 Å². The average Bonchev–Trinajstić information content (AvgIpc) is 3.38. The van der Waals surface area contributed by atoms with Gasteiger partial charge in [0, 0.05) is 25.6 Å². The van der Waals surface area contributed by atoms with E-state index in [-0.39, 0.29) is 11.5 Å². The number of ether oxygens (including phenoxy) is 1. The maximum Gasteiger partial charge on any atom is 0.224 e. The molecule has 1 aliphatic carbocycles. The van der Waals surface area contributed by atoms with Crippen LogP contribution in [0.2, 0.25) is 10.0 Å². The Hall–Kier alpha value is -0.810. The Morgan fingerprint density at radius 3 is 2.71 bits per heavy atom. The molecule has 1 aromatic rings. The minimum absolute atomic E-state index is 0.00349. The first kappa shape index (κ1) is 20.5. The summed E-state index contributed by atoms with van der Waals surface area (Å²) in [5, 5.41) is 3.94. The van der Waals surface area contributed by atoms with E-state index in [9.17, 15) is 4.79 Å². The van der Waals surface area contributed by atoms with Crippen molar-refractivity contribution in [3.05, 3.63) is 33.3 Å². The van der Waals surface area contributed by atoms with Crippen molar-refractivity contribution in [2.24, 2.45) is 0 Å². The Morgan fingerprint density at radius 1 is 1.25 bits per heavy atom. The summed E-state index contributed by atoms with van der Waals surface area (Å²) >= 11 is 13.2. The van der Waals surface area contributed by atoms with Crippen LogP contribution in [0, 0.1) is 0 Å². The molecule has 3 fully saturated rings.